The third-order valence-corrected chi connectivity index (χ3v) is 20.5. The second-order valence-corrected chi connectivity index (χ2v) is 25.5. The van der Waals surface area contributed by atoms with E-state index in [1.54, 1.807) is 0 Å². The summed E-state index contributed by atoms with van der Waals surface area (Å²) in [6.07, 6.45) is -11.7. The van der Waals surface area contributed by atoms with Crippen LogP contribution in [0.4, 0.5) is 17.1 Å². The highest BCUT2D eigenvalue weighted by molar-refractivity contribution is 5.97. The Morgan fingerprint density at radius 2 is 1.10 bits per heavy atom. The number of aliphatic hydroxyl groups is 5. The standard InChI is InChI=1S/C54H71N9O19/c1-49(2)27-8-11-54(7)37(26(64)16-21-22-17-51(4,13-12-50(22,3)14-15-53(21,54)6)45(75)60-25-20-57-48(78)63-40(25)72)52(27,5)10-9-28(49)79-44-36(32(68)31(67)35(81-44)42(74)59-24-19-56-47(77)62-39(24)71)82-43-33(69)29(65)30(66)34(80-43)41(73)58-23-18-55-46(76)61-38(23)70/h16,18-20,22,27-37,43-44,65-69H,8-15,17H2,1-7H3,(H,58,73)(H,59,74)(H,60,75)(H2,55,61,70,76)(H2,56,62,71,77)(H2,57,63,72,78). The Balaban J connectivity index is 0.928. The Morgan fingerprint density at radius 1 is 0.585 bits per heavy atom. The van der Waals surface area contributed by atoms with E-state index in [1.165, 1.54) is 6.20 Å². The Bertz CT molecular complexity index is 3480. The normalized spacial score (nSPS) is 40.4. The molecular weight excluding hydrogens is 1080 g/mol. The van der Waals surface area contributed by atoms with Crippen LogP contribution in [-0.4, -0.2) is 146 Å². The number of fused-ring (bicyclic) bond motifs is 7. The lowest BCUT2D eigenvalue weighted by Crippen LogP contribution is -2.68. The molecular formula is C54H71N9O19. The fraction of sp³-hybridized carbons (Fsp3) is 0.667. The van der Waals surface area contributed by atoms with Gasteiger partial charge in [0, 0.05) is 29.9 Å². The molecule has 0 radical (unpaired) electrons. The molecule has 3 aromatic heterocycles. The van der Waals surface area contributed by atoms with Crippen LogP contribution in [0.25, 0.3) is 0 Å². The lowest BCUT2D eigenvalue weighted by Gasteiger charge is -2.70. The van der Waals surface area contributed by atoms with Gasteiger partial charge in [-0.05, 0) is 103 Å². The number of rotatable bonds is 10. The number of hydrogen-bond acceptors (Lipinski definition) is 19. The lowest BCUT2D eigenvalue weighted by molar-refractivity contribution is -0.369. The number of aliphatic hydroxyl groups excluding tert-OH is 5. The molecule has 0 spiro atoms. The van der Waals surface area contributed by atoms with Crippen molar-refractivity contribution >= 4 is 40.6 Å². The number of allylic oxidation sites excluding steroid dienone is 2. The topological polar surface area (TPSA) is 440 Å². The molecule has 5 aliphatic carbocycles. The van der Waals surface area contributed by atoms with Gasteiger partial charge in [-0.15, -0.1) is 0 Å². The van der Waals surface area contributed by atoms with Crippen LogP contribution in [0.5, 0.6) is 0 Å². The largest absolute Gasteiger partial charge is 0.387 e. The number of carbonyl (C=O) groups is 4. The van der Waals surface area contributed by atoms with Crippen LogP contribution in [0, 0.1) is 50.2 Å². The highest BCUT2D eigenvalue weighted by Crippen LogP contribution is 2.75. The maximum Gasteiger partial charge on any atom is 0.325 e. The van der Waals surface area contributed by atoms with Gasteiger partial charge in [0.2, 0.25) is 5.91 Å². The molecule has 3 amide bonds. The average Bonchev–Trinajstić information content (AvgIpc) is 0.728. The quantitative estimate of drug-likeness (QED) is 0.109. The number of H-pyrrole nitrogens is 6. The van der Waals surface area contributed by atoms with Crippen LogP contribution in [-0.2, 0) is 38.1 Å². The SMILES string of the molecule is CC1(C(=O)Nc2c[nH]c(=O)[nH]c2=O)CCC2(C)CCC3(C)C(=CC(=O)C4C5(C)CCC(OC6OC(C(=O)Nc7c[nH]c(=O)[nH]c7=O)C(O)C(O)C6OC6OC(C(=O)Nc7c[nH]c(=O)[nH]c7=O)C(O)C(O)C6O)C(C)(C)C5CCC43C)C2C1. The minimum atomic E-state index is -2.19. The van der Waals surface area contributed by atoms with Gasteiger partial charge in [-0.25, -0.2) is 14.4 Å². The van der Waals surface area contributed by atoms with Crippen LogP contribution in [0.1, 0.15) is 106 Å². The molecule has 3 aromatic rings. The summed E-state index contributed by atoms with van der Waals surface area (Å²) in [5.41, 5.74) is -8.94. The van der Waals surface area contributed by atoms with Gasteiger partial charge in [-0.1, -0.05) is 54.0 Å². The van der Waals surface area contributed by atoms with Crippen molar-refractivity contribution in [2.45, 2.75) is 174 Å². The molecule has 19 unspecified atom stereocenters. The number of nitrogens with one attached hydrogen (secondary N) is 9. The zero-order valence-corrected chi connectivity index (χ0v) is 46.2. The third kappa shape index (κ3) is 9.61. The van der Waals surface area contributed by atoms with E-state index < -0.39 is 157 Å². The Kier molecular flexibility index (Phi) is 14.8. The third-order valence-electron chi connectivity index (χ3n) is 20.5. The van der Waals surface area contributed by atoms with Gasteiger partial charge in [-0.2, -0.15) is 0 Å². The van der Waals surface area contributed by atoms with Crippen molar-refractivity contribution in [1.82, 2.24) is 29.9 Å². The Labute approximate surface area is 465 Å². The van der Waals surface area contributed by atoms with Gasteiger partial charge in [-0.3, -0.25) is 48.5 Å². The molecule has 446 valence electrons. The van der Waals surface area contributed by atoms with Crippen molar-refractivity contribution in [3.63, 3.8) is 0 Å². The van der Waals surface area contributed by atoms with E-state index >= 15 is 4.79 Å². The van der Waals surface area contributed by atoms with E-state index in [1.807, 2.05) is 36.8 Å². The fourth-order valence-electron chi connectivity index (χ4n) is 15.6. The van der Waals surface area contributed by atoms with Crippen molar-refractivity contribution in [3.05, 3.63) is 92.8 Å². The van der Waals surface area contributed by atoms with Gasteiger partial charge < -0.3 is 75.4 Å². The summed E-state index contributed by atoms with van der Waals surface area (Å²) in [5.74, 6) is -3.67. The second kappa shape index (κ2) is 20.7. The lowest BCUT2D eigenvalue weighted by atomic mass is 9.33. The van der Waals surface area contributed by atoms with Crippen molar-refractivity contribution < 1.29 is 63.7 Å². The van der Waals surface area contributed by atoms with Crippen molar-refractivity contribution in [3.8, 4) is 0 Å². The van der Waals surface area contributed by atoms with Crippen molar-refractivity contribution in [2.24, 2.45) is 50.2 Å². The molecule has 28 heteroatoms. The predicted octanol–water partition coefficient (Wildman–Crippen LogP) is -0.962. The predicted molar refractivity (Wildman–Crippen MR) is 285 cm³/mol. The monoisotopic (exact) mass is 1150 g/mol. The van der Waals surface area contributed by atoms with Crippen molar-refractivity contribution in [2.75, 3.05) is 16.0 Å². The molecule has 2 aliphatic heterocycles. The van der Waals surface area contributed by atoms with Gasteiger partial charge in [0.05, 0.1) is 6.10 Å². The number of aromatic nitrogens is 6. The molecule has 28 nitrogen and oxygen atoms in total. The van der Waals surface area contributed by atoms with E-state index in [0.29, 0.717) is 38.5 Å². The fourth-order valence-corrected chi connectivity index (χ4v) is 15.6. The second-order valence-electron chi connectivity index (χ2n) is 25.5. The number of carbonyl (C=O) groups excluding carboxylic acids is 4. The number of hydrogen-bond donors (Lipinski definition) is 14. The average molecular weight is 1150 g/mol. The van der Waals surface area contributed by atoms with Gasteiger partial charge in [0.15, 0.2) is 30.6 Å². The Hall–Kier alpha value is -6.50. The number of anilines is 3. The molecule has 0 aromatic carbocycles. The molecule has 6 fully saturated rings. The minimum absolute atomic E-state index is 0.0229. The summed E-state index contributed by atoms with van der Waals surface area (Å²) in [7, 11) is 0. The molecule has 2 saturated heterocycles. The summed E-state index contributed by atoms with van der Waals surface area (Å²) in [4.78, 5) is 142. The smallest absolute Gasteiger partial charge is 0.325 e. The maximum absolute atomic E-state index is 15.4. The van der Waals surface area contributed by atoms with E-state index in [9.17, 15) is 68.7 Å². The molecule has 4 saturated carbocycles. The zero-order chi connectivity index (χ0) is 59.6. The summed E-state index contributed by atoms with van der Waals surface area (Å²) < 4.78 is 24.8. The van der Waals surface area contributed by atoms with Crippen LogP contribution in [0.15, 0.2) is 59.0 Å². The molecule has 14 N–H and O–H groups in total. The zero-order valence-electron chi connectivity index (χ0n) is 46.2. The molecule has 7 aliphatic rings. The van der Waals surface area contributed by atoms with Crippen LogP contribution in [0.2, 0.25) is 0 Å². The van der Waals surface area contributed by atoms with Gasteiger partial charge in [0.1, 0.15) is 53.7 Å². The first-order chi connectivity index (χ1) is 38.4. The first-order valence-corrected chi connectivity index (χ1v) is 27.5. The molecule has 5 heterocycles. The number of ketones is 1. The molecule has 0 bridgehead atoms. The summed E-state index contributed by atoms with van der Waals surface area (Å²) in [6.45, 7) is 14.6. The van der Waals surface area contributed by atoms with E-state index in [-0.39, 0.29) is 41.0 Å². The minimum Gasteiger partial charge on any atom is -0.387 e. The highest BCUT2D eigenvalue weighted by Gasteiger charge is 2.71. The first kappa shape index (κ1) is 58.7. The van der Waals surface area contributed by atoms with E-state index in [2.05, 4.69) is 63.6 Å². The van der Waals surface area contributed by atoms with Gasteiger partial charge in [0.25, 0.3) is 28.5 Å². The number of amides is 3. The van der Waals surface area contributed by atoms with Crippen LogP contribution in [0.3, 0.4) is 0 Å². The number of ether oxygens (including phenoxy) is 4. The number of aromatic amines is 6. The molecule has 82 heavy (non-hydrogen) atoms. The van der Waals surface area contributed by atoms with E-state index in [0.717, 1.165) is 30.8 Å². The Morgan fingerprint density at radius 3 is 1.65 bits per heavy atom. The van der Waals surface area contributed by atoms with Gasteiger partial charge >= 0.3 is 17.1 Å². The van der Waals surface area contributed by atoms with Crippen LogP contribution >= 0.6 is 0 Å². The maximum atomic E-state index is 15.4. The molecule has 10 rings (SSSR count). The summed E-state index contributed by atoms with van der Waals surface area (Å²) >= 11 is 0. The van der Waals surface area contributed by atoms with Crippen LogP contribution < -0.4 is 49.7 Å². The highest BCUT2D eigenvalue weighted by atomic mass is 16.8. The first-order valence-electron chi connectivity index (χ1n) is 27.5. The summed E-state index contributed by atoms with van der Waals surface area (Å²) in [5, 5.41) is 63.9. The van der Waals surface area contributed by atoms with Crippen molar-refractivity contribution in [1.29, 1.82) is 0 Å². The molecule has 19 atom stereocenters. The van der Waals surface area contributed by atoms with E-state index in [4.69, 9.17) is 18.9 Å². The summed E-state index contributed by atoms with van der Waals surface area (Å²) in [6, 6.07) is 0.